The van der Waals surface area contributed by atoms with Gasteiger partial charge in [0.25, 0.3) is 0 Å². The van der Waals surface area contributed by atoms with Gasteiger partial charge in [-0.25, -0.2) is 0 Å². The number of likely N-dealkylation sites (tertiary alicyclic amines) is 1. The molecule has 5 rings (SSSR count). The van der Waals surface area contributed by atoms with Crippen LogP contribution < -0.4 is 0 Å². The molecule has 1 aliphatic rings. The highest BCUT2D eigenvalue weighted by Crippen LogP contribution is 2.36. The SMILES string of the molecule is c1ccc(C(CCCCN2CCCCC2)=C(c2ccccc2)c2cnc3ccccc3c2)cc1. The summed E-state index contributed by atoms with van der Waals surface area (Å²) in [5.74, 6) is 0. The van der Waals surface area contributed by atoms with Crippen LogP contribution in [0.2, 0.25) is 0 Å². The van der Waals surface area contributed by atoms with Crippen LogP contribution in [0.25, 0.3) is 22.0 Å². The smallest absolute Gasteiger partial charge is 0.0702 e. The van der Waals surface area contributed by atoms with Gasteiger partial charge in [0.2, 0.25) is 0 Å². The van der Waals surface area contributed by atoms with E-state index in [4.69, 9.17) is 4.98 Å². The minimum absolute atomic E-state index is 1.04. The van der Waals surface area contributed by atoms with Crippen molar-refractivity contribution in [1.82, 2.24) is 9.88 Å². The molecular formula is C32H34N2. The number of piperidine rings is 1. The Balaban J connectivity index is 1.53. The number of fused-ring (bicyclic) bond motifs is 1. The van der Waals surface area contributed by atoms with Crippen molar-refractivity contribution in [2.75, 3.05) is 19.6 Å². The Kier molecular flexibility index (Phi) is 7.47. The Morgan fingerprint density at radius 2 is 1.35 bits per heavy atom. The number of para-hydroxylation sites is 1. The lowest BCUT2D eigenvalue weighted by atomic mass is 9.87. The number of hydrogen-bond donors (Lipinski definition) is 0. The van der Waals surface area contributed by atoms with Gasteiger partial charge >= 0.3 is 0 Å². The van der Waals surface area contributed by atoms with E-state index in [1.54, 1.807) is 0 Å². The van der Waals surface area contributed by atoms with Crippen LogP contribution in [-0.4, -0.2) is 29.5 Å². The Hall–Kier alpha value is -3.23. The summed E-state index contributed by atoms with van der Waals surface area (Å²) >= 11 is 0. The molecule has 1 fully saturated rings. The number of allylic oxidation sites excluding steroid dienone is 1. The first-order valence-electron chi connectivity index (χ1n) is 12.8. The maximum absolute atomic E-state index is 4.82. The van der Waals surface area contributed by atoms with E-state index in [-0.39, 0.29) is 0 Å². The van der Waals surface area contributed by atoms with Gasteiger partial charge in [-0.1, -0.05) is 85.3 Å². The van der Waals surface area contributed by atoms with E-state index in [1.807, 2.05) is 0 Å². The number of nitrogens with zero attached hydrogens (tertiary/aromatic N) is 2. The number of rotatable bonds is 8. The molecule has 1 aromatic heterocycles. The number of benzene rings is 3. The Bertz CT molecular complexity index is 1220. The number of unbranched alkanes of at least 4 members (excludes halogenated alkanes) is 1. The third-order valence-electron chi connectivity index (χ3n) is 6.97. The van der Waals surface area contributed by atoms with E-state index in [0.29, 0.717) is 0 Å². The van der Waals surface area contributed by atoms with Crippen molar-refractivity contribution in [1.29, 1.82) is 0 Å². The van der Waals surface area contributed by atoms with Crippen LogP contribution in [0.3, 0.4) is 0 Å². The highest BCUT2D eigenvalue weighted by Gasteiger charge is 2.16. The van der Waals surface area contributed by atoms with E-state index < -0.39 is 0 Å². The largest absolute Gasteiger partial charge is 0.303 e. The van der Waals surface area contributed by atoms with E-state index in [9.17, 15) is 0 Å². The molecule has 0 saturated carbocycles. The van der Waals surface area contributed by atoms with Crippen LogP contribution in [0.5, 0.6) is 0 Å². The molecule has 2 heteroatoms. The lowest BCUT2D eigenvalue weighted by Crippen LogP contribution is -2.30. The van der Waals surface area contributed by atoms with Gasteiger partial charge in [-0.3, -0.25) is 4.98 Å². The van der Waals surface area contributed by atoms with E-state index in [0.717, 1.165) is 11.9 Å². The van der Waals surface area contributed by atoms with Crippen molar-refractivity contribution in [3.8, 4) is 0 Å². The van der Waals surface area contributed by atoms with Gasteiger partial charge in [-0.05, 0) is 86.1 Å². The number of aromatic nitrogens is 1. The third-order valence-corrected chi connectivity index (χ3v) is 6.97. The summed E-state index contributed by atoms with van der Waals surface area (Å²) in [4.78, 5) is 7.47. The van der Waals surface area contributed by atoms with Gasteiger partial charge in [-0.15, -0.1) is 0 Å². The van der Waals surface area contributed by atoms with Crippen LogP contribution in [0, 0.1) is 0 Å². The third kappa shape index (κ3) is 5.46. The fraction of sp³-hybridized carbons (Fsp3) is 0.281. The lowest BCUT2D eigenvalue weighted by Gasteiger charge is -2.26. The summed E-state index contributed by atoms with van der Waals surface area (Å²) in [7, 11) is 0. The second-order valence-electron chi connectivity index (χ2n) is 9.36. The molecule has 3 aromatic carbocycles. The second-order valence-corrected chi connectivity index (χ2v) is 9.36. The van der Waals surface area contributed by atoms with Crippen LogP contribution >= 0.6 is 0 Å². The molecule has 2 heterocycles. The first-order chi connectivity index (χ1) is 16.9. The van der Waals surface area contributed by atoms with Crippen LogP contribution in [0.4, 0.5) is 0 Å². The van der Waals surface area contributed by atoms with E-state index >= 15 is 0 Å². The van der Waals surface area contributed by atoms with Crippen molar-refractivity contribution in [3.63, 3.8) is 0 Å². The maximum atomic E-state index is 4.82. The minimum atomic E-state index is 1.04. The maximum Gasteiger partial charge on any atom is 0.0702 e. The van der Waals surface area contributed by atoms with Gasteiger partial charge < -0.3 is 4.90 Å². The first-order valence-corrected chi connectivity index (χ1v) is 12.8. The fourth-order valence-electron chi connectivity index (χ4n) is 5.20. The topological polar surface area (TPSA) is 16.1 Å². The average molecular weight is 447 g/mol. The molecule has 0 N–H and O–H groups in total. The predicted molar refractivity (Wildman–Crippen MR) is 145 cm³/mol. The summed E-state index contributed by atoms with van der Waals surface area (Å²) in [5, 5.41) is 1.19. The summed E-state index contributed by atoms with van der Waals surface area (Å²) in [6.45, 7) is 3.78. The highest BCUT2D eigenvalue weighted by molar-refractivity contribution is 6.00. The predicted octanol–water partition coefficient (Wildman–Crippen LogP) is 7.85. The van der Waals surface area contributed by atoms with Gasteiger partial charge in [0.05, 0.1) is 5.52 Å². The Labute approximate surface area is 204 Å². The standard InChI is InChI=1S/C32H34N2/c1-4-14-26(15-5-1)30(19-10-13-23-34-21-11-3-12-22-34)32(27-16-6-2-7-17-27)29-24-28-18-8-9-20-31(28)33-25-29/h1-2,4-9,14-18,20,24-25H,3,10-13,19,21-23H2. The zero-order valence-corrected chi connectivity index (χ0v) is 20.0. The average Bonchev–Trinajstić information content (AvgIpc) is 2.92. The minimum Gasteiger partial charge on any atom is -0.303 e. The van der Waals surface area contributed by atoms with Crippen LogP contribution in [-0.2, 0) is 0 Å². The number of pyridine rings is 1. The van der Waals surface area contributed by atoms with Crippen LogP contribution in [0.15, 0.2) is 97.2 Å². The summed E-state index contributed by atoms with van der Waals surface area (Å²) < 4.78 is 0. The molecule has 0 radical (unpaired) electrons. The van der Waals surface area contributed by atoms with Gasteiger partial charge in [0.1, 0.15) is 0 Å². The van der Waals surface area contributed by atoms with E-state index in [2.05, 4.69) is 102 Å². The molecular weight excluding hydrogens is 412 g/mol. The molecule has 1 saturated heterocycles. The zero-order chi connectivity index (χ0) is 23.0. The molecule has 0 atom stereocenters. The molecule has 0 unspecified atom stereocenters. The number of hydrogen-bond acceptors (Lipinski definition) is 2. The molecule has 0 bridgehead atoms. The molecule has 0 aliphatic carbocycles. The molecule has 4 aromatic rings. The summed E-state index contributed by atoms with van der Waals surface area (Å²) in [6.07, 6.45) is 9.69. The lowest BCUT2D eigenvalue weighted by molar-refractivity contribution is 0.225. The quantitative estimate of drug-likeness (QED) is 0.202. The first kappa shape index (κ1) is 22.6. The van der Waals surface area contributed by atoms with Crippen molar-refractivity contribution in [3.05, 3.63) is 114 Å². The zero-order valence-electron chi connectivity index (χ0n) is 20.0. The van der Waals surface area contributed by atoms with Gasteiger partial charge in [-0.2, -0.15) is 0 Å². The van der Waals surface area contributed by atoms with Crippen molar-refractivity contribution < 1.29 is 0 Å². The van der Waals surface area contributed by atoms with Crippen molar-refractivity contribution in [2.24, 2.45) is 0 Å². The summed E-state index contributed by atoms with van der Waals surface area (Å²) in [5.41, 5.74) is 7.54. The van der Waals surface area contributed by atoms with Gasteiger partial charge in [0, 0.05) is 17.1 Å². The molecule has 172 valence electrons. The van der Waals surface area contributed by atoms with Crippen molar-refractivity contribution in [2.45, 2.75) is 38.5 Å². The normalized spacial score (nSPS) is 15.3. The van der Waals surface area contributed by atoms with Crippen molar-refractivity contribution >= 4 is 22.0 Å². The summed E-state index contributed by atoms with van der Waals surface area (Å²) in [6, 6.07) is 32.5. The second kappa shape index (κ2) is 11.3. The fourth-order valence-corrected chi connectivity index (χ4v) is 5.20. The molecule has 0 spiro atoms. The molecule has 1 aliphatic heterocycles. The van der Waals surface area contributed by atoms with E-state index in [1.165, 1.54) is 85.0 Å². The molecule has 34 heavy (non-hydrogen) atoms. The monoisotopic (exact) mass is 446 g/mol. The van der Waals surface area contributed by atoms with Gasteiger partial charge in [0.15, 0.2) is 0 Å². The van der Waals surface area contributed by atoms with Crippen LogP contribution in [0.1, 0.15) is 55.2 Å². The highest BCUT2D eigenvalue weighted by atomic mass is 15.1. The Morgan fingerprint density at radius 1 is 0.676 bits per heavy atom. The molecule has 0 amide bonds. The molecule has 2 nitrogen and oxygen atoms in total. The Morgan fingerprint density at radius 3 is 2.12 bits per heavy atom.